The zero-order chi connectivity index (χ0) is 12.4. The SMILES string of the molecule is Cc1ccc2nc(NC(C)CS(C)=O)nn2c1. The van der Waals surface area contributed by atoms with E-state index in [9.17, 15) is 4.21 Å². The summed E-state index contributed by atoms with van der Waals surface area (Å²) in [5, 5.41) is 7.46. The first-order valence-corrected chi connectivity index (χ1v) is 7.17. The standard InChI is InChI=1S/C11H16N4OS/c1-8-4-5-10-13-11(14-15(10)6-8)12-9(2)7-17(3)16/h4-6,9H,7H2,1-3H3,(H,12,14). The lowest BCUT2D eigenvalue weighted by molar-refractivity contribution is 0.682. The normalized spacial score (nSPS) is 14.8. The minimum Gasteiger partial charge on any atom is -0.350 e. The quantitative estimate of drug-likeness (QED) is 0.888. The van der Waals surface area contributed by atoms with Gasteiger partial charge in [0.1, 0.15) is 0 Å². The average Bonchev–Trinajstić information content (AvgIpc) is 2.57. The van der Waals surface area contributed by atoms with E-state index in [1.165, 1.54) is 0 Å². The molecule has 0 radical (unpaired) electrons. The number of anilines is 1. The van der Waals surface area contributed by atoms with Gasteiger partial charge in [0.05, 0.1) is 0 Å². The minimum atomic E-state index is -0.816. The first kappa shape index (κ1) is 12.0. The number of pyridine rings is 1. The third-order valence-corrected chi connectivity index (χ3v) is 3.31. The molecule has 2 aromatic rings. The monoisotopic (exact) mass is 252 g/mol. The summed E-state index contributed by atoms with van der Waals surface area (Å²) in [6, 6.07) is 4.02. The Hall–Kier alpha value is -1.43. The highest BCUT2D eigenvalue weighted by Crippen LogP contribution is 2.08. The number of hydrogen-bond donors (Lipinski definition) is 1. The molecule has 0 aliphatic rings. The van der Waals surface area contributed by atoms with Gasteiger partial charge < -0.3 is 5.32 Å². The average molecular weight is 252 g/mol. The fourth-order valence-electron chi connectivity index (χ4n) is 1.66. The van der Waals surface area contributed by atoms with E-state index in [2.05, 4.69) is 15.4 Å². The molecule has 2 unspecified atom stereocenters. The van der Waals surface area contributed by atoms with Crippen LogP contribution in [0.2, 0.25) is 0 Å². The summed E-state index contributed by atoms with van der Waals surface area (Å²) in [6.45, 7) is 3.98. The molecule has 2 aromatic heterocycles. The molecule has 2 heterocycles. The predicted molar refractivity (Wildman–Crippen MR) is 69.7 cm³/mol. The maximum atomic E-state index is 11.1. The summed E-state index contributed by atoms with van der Waals surface area (Å²) in [7, 11) is -0.816. The first-order chi connectivity index (χ1) is 8.04. The van der Waals surface area contributed by atoms with Gasteiger partial charge >= 0.3 is 0 Å². The van der Waals surface area contributed by atoms with Gasteiger partial charge in [-0.3, -0.25) is 4.21 Å². The van der Waals surface area contributed by atoms with Crippen LogP contribution in [0.25, 0.3) is 5.65 Å². The summed E-state index contributed by atoms with van der Waals surface area (Å²) in [5.74, 6) is 1.17. The van der Waals surface area contributed by atoms with Crippen molar-refractivity contribution in [2.75, 3.05) is 17.3 Å². The van der Waals surface area contributed by atoms with Gasteiger partial charge in [0.2, 0.25) is 5.95 Å². The Morgan fingerprint density at radius 2 is 2.29 bits per heavy atom. The molecule has 0 bridgehead atoms. The number of aromatic nitrogens is 3. The van der Waals surface area contributed by atoms with Gasteiger partial charge in [0.15, 0.2) is 5.65 Å². The molecule has 0 amide bonds. The molecule has 2 atom stereocenters. The number of aryl methyl sites for hydroxylation is 1. The number of hydrogen-bond acceptors (Lipinski definition) is 4. The smallest absolute Gasteiger partial charge is 0.243 e. The van der Waals surface area contributed by atoms with Crippen LogP contribution in [0.4, 0.5) is 5.95 Å². The molecule has 0 saturated carbocycles. The van der Waals surface area contributed by atoms with Crippen molar-refractivity contribution in [3.8, 4) is 0 Å². The Kier molecular flexibility index (Phi) is 3.42. The largest absolute Gasteiger partial charge is 0.350 e. The third-order valence-electron chi connectivity index (χ3n) is 2.34. The number of nitrogens with zero attached hydrogens (tertiary/aromatic N) is 3. The van der Waals surface area contributed by atoms with Crippen LogP contribution in [-0.4, -0.2) is 36.9 Å². The van der Waals surface area contributed by atoms with E-state index in [0.29, 0.717) is 11.7 Å². The van der Waals surface area contributed by atoms with Crippen LogP contribution in [0.15, 0.2) is 18.3 Å². The lowest BCUT2D eigenvalue weighted by atomic mass is 10.3. The number of rotatable bonds is 4. The Morgan fingerprint density at radius 3 is 3.00 bits per heavy atom. The van der Waals surface area contributed by atoms with Crippen LogP contribution >= 0.6 is 0 Å². The van der Waals surface area contributed by atoms with Gasteiger partial charge in [-0.05, 0) is 25.5 Å². The van der Waals surface area contributed by atoms with Crippen LogP contribution in [0.1, 0.15) is 12.5 Å². The lowest BCUT2D eigenvalue weighted by Crippen LogP contribution is -2.22. The zero-order valence-corrected chi connectivity index (χ0v) is 11.0. The second-order valence-electron chi connectivity index (χ2n) is 4.23. The third kappa shape index (κ3) is 3.03. The molecule has 0 aliphatic heterocycles. The van der Waals surface area contributed by atoms with E-state index in [1.54, 1.807) is 10.8 Å². The van der Waals surface area contributed by atoms with Crippen LogP contribution in [0.5, 0.6) is 0 Å². The van der Waals surface area contributed by atoms with Crippen LogP contribution < -0.4 is 5.32 Å². The van der Waals surface area contributed by atoms with Crippen molar-refractivity contribution < 1.29 is 4.21 Å². The summed E-state index contributed by atoms with van der Waals surface area (Å²) < 4.78 is 12.8. The van der Waals surface area contributed by atoms with Gasteiger partial charge in [-0.1, -0.05) is 6.07 Å². The van der Waals surface area contributed by atoms with Gasteiger partial charge in [-0.15, -0.1) is 5.10 Å². The highest BCUT2D eigenvalue weighted by atomic mass is 32.2. The molecular formula is C11H16N4OS. The molecule has 1 N–H and O–H groups in total. The summed E-state index contributed by atoms with van der Waals surface area (Å²) in [6.07, 6.45) is 3.62. The Labute approximate surface area is 103 Å². The first-order valence-electron chi connectivity index (χ1n) is 5.44. The van der Waals surface area contributed by atoms with E-state index in [-0.39, 0.29) is 6.04 Å². The van der Waals surface area contributed by atoms with Crippen molar-refractivity contribution in [3.63, 3.8) is 0 Å². The Balaban J connectivity index is 2.16. The zero-order valence-electron chi connectivity index (χ0n) is 10.2. The summed E-state index contributed by atoms with van der Waals surface area (Å²) in [5.41, 5.74) is 1.94. The predicted octanol–water partition coefficient (Wildman–Crippen LogP) is 1.22. The molecular weight excluding hydrogens is 236 g/mol. The van der Waals surface area contributed by atoms with Crippen molar-refractivity contribution in [3.05, 3.63) is 23.9 Å². The fraction of sp³-hybridized carbons (Fsp3) is 0.455. The van der Waals surface area contributed by atoms with E-state index in [4.69, 9.17) is 0 Å². The second-order valence-corrected chi connectivity index (χ2v) is 5.71. The summed E-state index contributed by atoms with van der Waals surface area (Å²) >= 11 is 0. The van der Waals surface area contributed by atoms with Crippen LogP contribution in [0.3, 0.4) is 0 Å². The van der Waals surface area contributed by atoms with Gasteiger partial charge in [0.25, 0.3) is 0 Å². The maximum absolute atomic E-state index is 11.1. The van der Waals surface area contributed by atoms with Crippen molar-refractivity contribution in [2.45, 2.75) is 19.9 Å². The molecule has 0 fully saturated rings. The number of nitrogens with one attached hydrogen (secondary N) is 1. The second kappa shape index (κ2) is 4.83. The Bertz CT molecular complexity index is 551. The summed E-state index contributed by atoms with van der Waals surface area (Å²) in [4.78, 5) is 4.34. The van der Waals surface area contributed by atoms with Crippen molar-refractivity contribution in [2.24, 2.45) is 0 Å². The highest BCUT2D eigenvalue weighted by Gasteiger charge is 2.08. The molecule has 92 valence electrons. The minimum absolute atomic E-state index is 0.0966. The van der Waals surface area contributed by atoms with E-state index in [0.717, 1.165) is 11.2 Å². The van der Waals surface area contributed by atoms with Gasteiger partial charge in [-0.25, -0.2) is 4.52 Å². The molecule has 5 nitrogen and oxygen atoms in total. The molecule has 0 aromatic carbocycles. The van der Waals surface area contributed by atoms with Crippen molar-refractivity contribution in [1.29, 1.82) is 0 Å². The topological polar surface area (TPSA) is 59.3 Å². The van der Waals surface area contributed by atoms with E-state index >= 15 is 0 Å². The Morgan fingerprint density at radius 1 is 1.53 bits per heavy atom. The lowest BCUT2D eigenvalue weighted by Gasteiger charge is -2.09. The van der Waals surface area contributed by atoms with E-state index in [1.807, 2.05) is 32.2 Å². The highest BCUT2D eigenvalue weighted by molar-refractivity contribution is 7.84. The molecule has 2 rings (SSSR count). The molecule has 0 spiro atoms. The van der Waals surface area contributed by atoms with Crippen molar-refractivity contribution in [1.82, 2.24) is 14.6 Å². The van der Waals surface area contributed by atoms with Crippen molar-refractivity contribution >= 4 is 22.4 Å². The molecule has 6 heteroatoms. The van der Waals surface area contributed by atoms with Crippen LogP contribution in [0, 0.1) is 6.92 Å². The van der Waals surface area contributed by atoms with Gasteiger partial charge in [0, 0.05) is 35.0 Å². The van der Waals surface area contributed by atoms with E-state index < -0.39 is 10.8 Å². The van der Waals surface area contributed by atoms with Gasteiger partial charge in [-0.2, -0.15) is 4.98 Å². The number of fused-ring (bicyclic) bond motifs is 1. The van der Waals surface area contributed by atoms with Crippen LogP contribution in [-0.2, 0) is 10.8 Å². The molecule has 0 aliphatic carbocycles. The fourth-order valence-corrected chi connectivity index (χ4v) is 2.45. The maximum Gasteiger partial charge on any atom is 0.243 e. The molecule has 0 saturated heterocycles. The molecule has 17 heavy (non-hydrogen) atoms.